The second kappa shape index (κ2) is 9.70. The highest BCUT2D eigenvalue weighted by Crippen LogP contribution is 2.29. The molecule has 0 fully saturated rings. The van der Waals surface area contributed by atoms with Crippen molar-refractivity contribution in [3.8, 4) is 5.75 Å². The van der Waals surface area contributed by atoms with Gasteiger partial charge < -0.3 is 19.0 Å². The van der Waals surface area contributed by atoms with Crippen LogP contribution < -0.4 is 4.74 Å². The molecule has 0 aliphatic carbocycles. The van der Waals surface area contributed by atoms with Crippen molar-refractivity contribution in [3.05, 3.63) is 77.8 Å². The number of para-hydroxylation sites is 1. The number of carbonyl (C=O) groups excluding carboxylic acids is 2. The summed E-state index contributed by atoms with van der Waals surface area (Å²) in [6, 6.07) is 13.8. The number of H-pyrrole nitrogens is 1. The second-order valence-corrected chi connectivity index (χ2v) is 10.2. The lowest BCUT2D eigenvalue weighted by molar-refractivity contribution is -0.156. The van der Waals surface area contributed by atoms with Gasteiger partial charge >= 0.3 is 5.97 Å². The molecule has 2 aromatic heterocycles. The fourth-order valence-corrected chi connectivity index (χ4v) is 4.54. The average Bonchev–Trinajstić information content (AvgIpc) is 3.51. The molecular weight excluding hydrogens is 480 g/mol. The first kappa shape index (κ1) is 25.1. The van der Waals surface area contributed by atoms with E-state index in [0.717, 1.165) is 38.7 Å². The van der Waals surface area contributed by atoms with Crippen molar-refractivity contribution in [1.82, 2.24) is 14.5 Å². The number of amides is 1. The second-order valence-electron chi connectivity index (χ2n) is 10.2. The van der Waals surface area contributed by atoms with Gasteiger partial charge in [0.2, 0.25) is 0 Å². The standard InChI is InChI=1S/C30H30N4O4/c1-30(2,3)38-28(35)18-34-27(13-10-19-16-31-24-9-7-6-8-22(19)24)32-25(29(34)36)14-20-17-33(4)26-12-11-21(37-5)15-23(20)26/h6-17,31H,18H2,1-5H3/b13-10+,25-14-. The average molecular weight is 511 g/mol. The van der Waals surface area contributed by atoms with Crippen LogP contribution >= 0.6 is 0 Å². The van der Waals surface area contributed by atoms with Crippen molar-refractivity contribution in [2.45, 2.75) is 26.4 Å². The van der Waals surface area contributed by atoms with E-state index >= 15 is 0 Å². The number of benzene rings is 2. The molecule has 0 radical (unpaired) electrons. The number of rotatable bonds is 6. The van der Waals surface area contributed by atoms with Gasteiger partial charge in [0.1, 0.15) is 29.4 Å². The number of carbonyl (C=O) groups is 2. The van der Waals surface area contributed by atoms with E-state index in [2.05, 4.69) is 9.98 Å². The zero-order valence-electron chi connectivity index (χ0n) is 22.1. The summed E-state index contributed by atoms with van der Waals surface area (Å²) in [5.74, 6) is 0.221. The third kappa shape index (κ3) is 4.98. The van der Waals surface area contributed by atoms with E-state index < -0.39 is 11.6 Å². The van der Waals surface area contributed by atoms with Crippen molar-refractivity contribution in [3.63, 3.8) is 0 Å². The normalized spacial score (nSPS) is 15.3. The Hall–Kier alpha value is -4.59. The Morgan fingerprint density at radius 1 is 1.08 bits per heavy atom. The molecule has 5 rings (SSSR count). The van der Waals surface area contributed by atoms with Crippen LogP contribution in [0.3, 0.4) is 0 Å². The quantitative estimate of drug-likeness (QED) is 0.281. The van der Waals surface area contributed by atoms with E-state index in [9.17, 15) is 9.59 Å². The van der Waals surface area contributed by atoms with Gasteiger partial charge in [-0.15, -0.1) is 0 Å². The van der Waals surface area contributed by atoms with Gasteiger partial charge in [-0.1, -0.05) is 18.2 Å². The molecule has 0 bridgehead atoms. The molecule has 1 aliphatic heterocycles. The summed E-state index contributed by atoms with van der Waals surface area (Å²) >= 11 is 0. The monoisotopic (exact) mass is 510 g/mol. The fraction of sp³-hybridized carbons (Fsp3) is 0.233. The maximum atomic E-state index is 13.5. The molecule has 0 saturated carbocycles. The topological polar surface area (TPSA) is 88.9 Å². The van der Waals surface area contributed by atoms with Gasteiger partial charge in [-0.3, -0.25) is 14.5 Å². The van der Waals surface area contributed by atoms with Crippen molar-refractivity contribution >= 4 is 51.7 Å². The molecule has 2 aromatic carbocycles. The van der Waals surface area contributed by atoms with Crippen molar-refractivity contribution in [2.75, 3.05) is 13.7 Å². The number of aliphatic imine (C=N–C) groups is 1. The number of methoxy groups -OCH3 is 1. The molecule has 1 amide bonds. The predicted molar refractivity (Wildman–Crippen MR) is 150 cm³/mol. The zero-order chi connectivity index (χ0) is 27.0. The van der Waals surface area contributed by atoms with Gasteiger partial charge in [0.05, 0.1) is 7.11 Å². The molecule has 0 spiro atoms. The van der Waals surface area contributed by atoms with Crippen molar-refractivity contribution in [1.29, 1.82) is 0 Å². The molecule has 194 valence electrons. The summed E-state index contributed by atoms with van der Waals surface area (Å²) in [5.41, 5.74) is 3.35. The summed E-state index contributed by atoms with van der Waals surface area (Å²) in [7, 11) is 3.56. The number of aromatic amines is 1. The molecule has 1 N–H and O–H groups in total. The van der Waals surface area contributed by atoms with Crippen LogP contribution in [-0.4, -0.2) is 51.4 Å². The Labute approximate surface area is 220 Å². The molecular formula is C30H30N4O4. The summed E-state index contributed by atoms with van der Waals surface area (Å²) in [4.78, 5) is 35.5. The third-order valence-corrected chi connectivity index (χ3v) is 6.24. The van der Waals surface area contributed by atoms with Crippen molar-refractivity contribution in [2.24, 2.45) is 12.0 Å². The highest BCUT2D eigenvalue weighted by molar-refractivity contribution is 6.20. The maximum Gasteiger partial charge on any atom is 0.326 e. The van der Waals surface area contributed by atoms with Gasteiger partial charge in [-0.2, -0.15) is 0 Å². The fourth-order valence-electron chi connectivity index (χ4n) is 4.54. The molecule has 8 nitrogen and oxygen atoms in total. The number of nitrogens with one attached hydrogen (secondary N) is 1. The van der Waals surface area contributed by atoms with E-state index in [0.29, 0.717) is 5.84 Å². The Balaban J connectivity index is 1.53. The van der Waals surface area contributed by atoms with Crippen LogP contribution in [0.25, 0.3) is 34.0 Å². The number of fused-ring (bicyclic) bond motifs is 2. The number of hydrogen-bond donors (Lipinski definition) is 1. The maximum absolute atomic E-state index is 13.5. The van der Waals surface area contributed by atoms with Gasteiger partial charge in [-0.05, 0) is 68.8 Å². The number of aromatic nitrogens is 2. The Morgan fingerprint density at radius 2 is 1.87 bits per heavy atom. The van der Waals surface area contributed by atoms with E-state index in [1.54, 1.807) is 40.0 Å². The van der Waals surface area contributed by atoms with Crippen LogP contribution in [0.15, 0.2) is 71.6 Å². The molecule has 4 aromatic rings. The largest absolute Gasteiger partial charge is 0.497 e. The summed E-state index contributed by atoms with van der Waals surface area (Å²) in [6.45, 7) is 5.14. The molecule has 0 saturated heterocycles. The molecule has 1 aliphatic rings. The van der Waals surface area contributed by atoms with Crippen molar-refractivity contribution < 1.29 is 19.1 Å². The van der Waals surface area contributed by atoms with E-state index in [4.69, 9.17) is 9.47 Å². The molecule has 3 heterocycles. The van der Waals surface area contributed by atoms with Gasteiger partial charge in [0.25, 0.3) is 5.91 Å². The Morgan fingerprint density at radius 3 is 2.63 bits per heavy atom. The first-order valence-corrected chi connectivity index (χ1v) is 12.3. The van der Waals surface area contributed by atoms with Crippen LogP contribution in [-0.2, 0) is 21.4 Å². The minimum absolute atomic E-state index is 0.238. The minimum atomic E-state index is -0.669. The number of hydrogen-bond acceptors (Lipinski definition) is 5. The molecule has 0 unspecified atom stereocenters. The third-order valence-electron chi connectivity index (χ3n) is 6.24. The lowest BCUT2D eigenvalue weighted by Gasteiger charge is -2.22. The first-order chi connectivity index (χ1) is 18.1. The number of amidine groups is 1. The number of aryl methyl sites for hydroxylation is 1. The Bertz CT molecular complexity index is 1650. The van der Waals surface area contributed by atoms with E-state index in [1.807, 2.05) is 72.5 Å². The molecule has 38 heavy (non-hydrogen) atoms. The van der Waals surface area contributed by atoms with Crippen LogP contribution in [0, 0.1) is 0 Å². The van der Waals surface area contributed by atoms with E-state index in [1.165, 1.54) is 4.90 Å². The Kier molecular flexibility index (Phi) is 6.40. The summed E-state index contributed by atoms with van der Waals surface area (Å²) in [5, 5.41) is 1.98. The van der Waals surface area contributed by atoms with Gasteiger partial charge in [-0.25, -0.2) is 4.99 Å². The summed E-state index contributed by atoms with van der Waals surface area (Å²) in [6.07, 6.45) is 9.23. The van der Waals surface area contributed by atoms with Gasteiger partial charge in [0, 0.05) is 46.8 Å². The van der Waals surface area contributed by atoms with Gasteiger partial charge in [0.15, 0.2) is 0 Å². The predicted octanol–water partition coefficient (Wildman–Crippen LogP) is 5.30. The molecule has 0 atom stereocenters. The number of esters is 1. The highest BCUT2D eigenvalue weighted by atomic mass is 16.6. The summed E-state index contributed by atoms with van der Waals surface area (Å²) < 4.78 is 12.9. The molecule has 8 heteroatoms. The van der Waals surface area contributed by atoms with Crippen LogP contribution in [0.5, 0.6) is 5.75 Å². The van der Waals surface area contributed by atoms with Crippen LogP contribution in [0.4, 0.5) is 0 Å². The van der Waals surface area contributed by atoms with E-state index in [-0.39, 0.29) is 18.1 Å². The van der Waals surface area contributed by atoms with Crippen LogP contribution in [0.1, 0.15) is 31.9 Å². The minimum Gasteiger partial charge on any atom is -0.497 e. The first-order valence-electron chi connectivity index (χ1n) is 12.3. The SMILES string of the molecule is COc1ccc2c(c1)c(/C=C1N=C(/C=C/c3c[nH]c4ccccc34)N(CC(=O)OC(C)(C)C)C\1=O)cn2C. The number of ether oxygens (including phenoxy) is 2. The lowest BCUT2D eigenvalue weighted by Crippen LogP contribution is -2.39. The highest BCUT2D eigenvalue weighted by Gasteiger charge is 2.32. The van der Waals surface area contributed by atoms with Crippen LogP contribution in [0.2, 0.25) is 0 Å². The lowest BCUT2D eigenvalue weighted by atomic mass is 10.1. The smallest absolute Gasteiger partial charge is 0.326 e. The number of nitrogens with zero attached hydrogens (tertiary/aromatic N) is 3. The zero-order valence-corrected chi connectivity index (χ0v) is 22.1.